The molecule has 0 aliphatic rings. The van der Waals surface area contributed by atoms with Crippen molar-refractivity contribution in [2.75, 3.05) is 18.5 Å². The summed E-state index contributed by atoms with van der Waals surface area (Å²) < 4.78 is 0. The first-order chi connectivity index (χ1) is 9.17. The van der Waals surface area contributed by atoms with Crippen molar-refractivity contribution in [1.82, 2.24) is 9.97 Å². The third kappa shape index (κ3) is 4.22. The molecule has 1 aromatic heterocycles. The topological polar surface area (TPSA) is 58.0 Å². The van der Waals surface area contributed by atoms with E-state index in [1.165, 1.54) is 5.56 Å². The highest BCUT2D eigenvalue weighted by atomic mass is 32.2. The van der Waals surface area contributed by atoms with Gasteiger partial charge in [0.25, 0.3) is 0 Å². The second-order valence-corrected chi connectivity index (χ2v) is 5.33. The third-order valence-electron chi connectivity index (χ3n) is 2.47. The van der Waals surface area contributed by atoms with Crippen LogP contribution in [-0.4, -0.2) is 28.2 Å². The fourth-order valence-electron chi connectivity index (χ4n) is 1.57. The molecule has 19 heavy (non-hydrogen) atoms. The molecule has 0 radical (unpaired) electrons. The zero-order valence-electron chi connectivity index (χ0n) is 11.1. The lowest BCUT2D eigenvalue weighted by Crippen LogP contribution is -2.09. The van der Waals surface area contributed by atoms with Gasteiger partial charge in [0.05, 0.1) is 6.61 Å². The van der Waals surface area contributed by atoms with Gasteiger partial charge in [-0.05, 0) is 32.0 Å². The maximum absolute atomic E-state index is 8.80. The average Bonchev–Trinajstić information content (AvgIpc) is 2.38. The minimum atomic E-state index is 0.0672. The van der Waals surface area contributed by atoms with Crippen molar-refractivity contribution in [3.63, 3.8) is 0 Å². The summed E-state index contributed by atoms with van der Waals surface area (Å²) in [5, 5.41) is 12.7. The number of hydrogen-bond acceptors (Lipinski definition) is 5. The van der Waals surface area contributed by atoms with Gasteiger partial charge in [-0.3, -0.25) is 0 Å². The van der Waals surface area contributed by atoms with Gasteiger partial charge in [0, 0.05) is 17.1 Å². The van der Waals surface area contributed by atoms with Gasteiger partial charge in [0.2, 0.25) is 5.95 Å². The molecular formula is C14H17N3OS. The SMILES string of the molecule is Cc1ccc(Sc2cc(C)nc(NCCO)n2)cc1. The Balaban J connectivity index is 2.15. The van der Waals surface area contributed by atoms with Gasteiger partial charge in [-0.15, -0.1) is 0 Å². The lowest BCUT2D eigenvalue weighted by atomic mass is 10.2. The van der Waals surface area contributed by atoms with Crippen molar-refractivity contribution in [2.45, 2.75) is 23.8 Å². The first-order valence-corrected chi connectivity index (χ1v) is 6.94. The largest absolute Gasteiger partial charge is 0.395 e. The summed E-state index contributed by atoms with van der Waals surface area (Å²) in [6.45, 7) is 4.53. The van der Waals surface area contributed by atoms with Crippen LogP contribution in [0.1, 0.15) is 11.3 Å². The van der Waals surface area contributed by atoms with Gasteiger partial charge >= 0.3 is 0 Å². The molecule has 0 spiro atoms. The van der Waals surface area contributed by atoms with E-state index < -0.39 is 0 Å². The molecule has 1 heterocycles. The van der Waals surface area contributed by atoms with Crippen LogP contribution < -0.4 is 5.32 Å². The minimum Gasteiger partial charge on any atom is -0.395 e. The molecule has 0 saturated carbocycles. The highest BCUT2D eigenvalue weighted by molar-refractivity contribution is 7.99. The van der Waals surface area contributed by atoms with Crippen LogP contribution >= 0.6 is 11.8 Å². The zero-order valence-corrected chi connectivity index (χ0v) is 11.9. The number of benzene rings is 1. The third-order valence-corrected chi connectivity index (χ3v) is 3.40. The van der Waals surface area contributed by atoms with Crippen LogP contribution in [-0.2, 0) is 0 Å². The lowest BCUT2D eigenvalue weighted by Gasteiger charge is -2.07. The Morgan fingerprint density at radius 2 is 1.89 bits per heavy atom. The maximum Gasteiger partial charge on any atom is 0.224 e. The van der Waals surface area contributed by atoms with E-state index in [1.807, 2.05) is 13.0 Å². The molecule has 1 aromatic carbocycles. The molecule has 0 fully saturated rings. The predicted octanol–water partition coefficient (Wildman–Crippen LogP) is 2.65. The van der Waals surface area contributed by atoms with E-state index in [1.54, 1.807) is 11.8 Å². The molecule has 2 N–H and O–H groups in total. The summed E-state index contributed by atoms with van der Waals surface area (Å²) >= 11 is 1.60. The molecule has 100 valence electrons. The smallest absolute Gasteiger partial charge is 0.224 e. The van der Waals surface area contributed by atoms with Gasteiger partial charge in [-0.1, -0.05) is 29.5 Å². The average molecular weight is 275 g/mol. The van der Waals surface area contributed by atoms with Gasteiger partial charge in [0.1, 0.15) is 5.03 Å². The first-order valence-electron chi connectivity index (χ1n) is 6.12. The van der Waals surface area contributed by atoms with Crippen LogP contribution in [0.4, 0.5) is 5.95 Å². The molecule has 5 heteroatoms. The predicted molar refractivity (Wildman–Crippen MR) is 77.6 cm³/mol. The Morgan fingerprint density at radius 1 is 1.16 bits per heavy atom. The standard InChI is InChI=1S/C14H17N3OS/c1-10-3-5-12(6-4-10)19-13-9-11(2)16-14(17-13)15-7-8-18/h3-6,9,18H,7-8H2,1-2H3,(H,15,16,17). The summed E-state index contributed by atoms with van der Waals surface area (Å²) in [4.78, 5) is 9.85. The van der Waals surface area contributed by atoms with Crippen molar-refractivity contribution >= 4 is 17.7 Å². The van der Waals surface area contributed by atoms with E-state index >= 15 is 0 Å². The van der Waals surface area contributed by atoms with E-state index in [9.17, 15) is 0 Å². The number of aliphatic hydroxyl groups is 1. The van der Waals surface area contributed by atoms with Gasteiger partial charge < -0.3 is 10.4 Å². The summed E-state index contributed by atoms with van der Waals surface area (Å²) in [6, 6.07) is 10.3. The summed E-state index contributed by atoms with van der Waals surface area (Å²) in [7, 11) is 0. The normalized spacial score (nSPS) is 10.5. The number of nitrogens with zero attached hydrogens (tertiary/aromatic N) is 2. The molecular weight excluding hydrogens is 258 g/mol. The molecule has 2 aromatic rings. The van der Waals surface area contributed by atoms with Crippen LogP contribution in [0.25, 0.3) is 0 Å². The molecule has 0 atom stereocenters. The highest BCUT2D eigenvalue weighted by Gasteiger charge is 2.04. The summed E-state index contributed by atoms with van der Waals surface area (Å²) in [6.07, 6.45) is 0. The Kier molecular flexibility index (Phi) is 4.76. The van der Waals surface area contributed by atoms with E-state index in [2.05, 4.69) is 46.5 Å². The van der Waals surface area contributed by atoms with Crippen molar-refractivity contribution in [2.24, 2.45) is 0 Å². The van der Waals surface area contributed by atoms with E-state index in [-0.39, 0.29) is 6.61 Å². The fourth-order valence-corrected chi connectivity index (χ4v) is 2.44. The van der Waals surface area contributed by atoms with E-state index in [0.717, 1.165) is 15.6 Å². The minimum absolute atomic E-state index is 0.0672. The number of rotatable bonds is 5. The Bertz CT molecular complexity index is 543. The highest BCUT2D eigenvalue weighted by Crippen LogP contribution is 2.27. The quantitative estimate of drug-likeness (QED) is 0.822. The van der Waals surface area contributed by atoms with E-state index in [0.29, 0.717) is 12.5 Å². The second-order valence-electron chi connectivity index (χ2n) is 4.24. The lowest BCUT2D eigenvalue weighted by molar-refractivity contribution is 0.310. The fraction of sp³-hybridized carbons (Fsp3) is 0.286. The van der Waals surface area contributed by atoms with Crippen molar-refractivity contribution < 1.29 is 5.11 Å². The molecule has 4 nitrogen and oxygen atoms in total. The molecule has 2 rings (SSSR count). The molecule has 0 aliphatic carbocycles. The van der Waals surface area contributed by atoms with Crippen molar-refractivity contribution in [3.05, 3.63) is 41.6 Å². The number of aromatic nitrogens is 2. The molecule has 0 bridgehead atoms. The number of nitrogens with one attached hydrogen (secondary N) is 1. The molecule has 0 unspecified atom stereocenters. The first kappa shape index (κ1) is 13.8. The number of aliphatic hydroxyl groups excluding tert-OH is 1. The van der Waals surface area contributed by atoms with Crippen molar-refractivity contribution in [1.29, 1.82) is 0 Å². The monoisotopic (exact) mass is 275 g/mol. The number of anilines is 1. The zero-order chi connectivity index (χ0) is 13.7. The maximum atomic E-state index is 8.80. The van der Waals surface area contributed by atoms with Crippen LogP contribution in [0.5, 0.6) is 0 Å². The van der Waals surface area contributed by atoms with Crippen molar-refractivity contribution in [3.8, 4) is 0 Å². The van der Waals surface area contributed by atoms with Gasteiger partial charge in [-0.2, -0.15) is 0 Å². The van der Waals surface area contributed by atoms with Crippen LogP contribution in [0, 0.1) is 13.8 Å². The molecule has 0 amide bonds. The van der Waals surface area contributed by atoms with Gasteiger partial charge in [-0.25, -0.2) is 9.97 Å². The number of hydrogen-bond donors (Lipinski definition) is 2. The second kappa shape index (κ2) is 6.54. The molecule has 0 saturated heterocycles. The summed E-state index contributed by atoms with van der Waals surface area (Å²) in [5.74, 6) is 0.559. The van der Waals surface area contributed by atoms with Crippen LogP contribution in [0.3, 0.4) is 0 Å². The number of aryl methyl sites for hydroxylation is 2. The Hall–Kier alpha value is -1.59. The summed E-state index contributed by atoms with van der Waals surface area (Å²) in [5.41, 5.74) is 2.15. The Labute approximate surface area is 117 Å². The molecule has 0 aliphatic heterocycles. The van der Waals surface area contributed by atoms with Crippen LogP contribution in [0.15, 0.2) is 40.3 Å². The van der Waals surface area contributed by atoms with E-state index in [4.69, 9.17) is 5.11 Å². The van der Waals surface area contributed by atoms with Gasteiger partial charge in [0.15, 0.2) is 0 Å². The van der Waals surface area contributed by atoms with Crippen LogP contribution in [0.2, 0.25) is 0 Å². The Morgan fingerprint density at radius 3 is 2.58 bits per heavy atom.